The third-order valence-electron chi connectivity index (χ3n) is 1.98. The van der Waals surface area contributed by atoms with Gasteiger partial charge < -0.3 is 15.3 Å². The van der Waals surface area contributed by atoms with Gasteiger partial charge in [-0.3, -0.25) is 4.79 Å². The van der Waals surface area contributed by atoms with Crippen LogP contribution in [-0.4, -0.2) is 54.6 Å². The number of hydrogen-bond acceptors (Lipinski definition) is 3. The number of halogens is 1. The number of nitrogens with one attached hydrogen (secondary N) is 1. The molecule has 0 spiro atoms. The molecule has 2 unspecified atom stereocenters. The Bertz CT molecular complexity index is 208. The highest BCUT2D eigenvalue weighted by molar-refractivity contribution is 6.19. The van der Waals surface area contributed by atoms with Crippen LogP contribution in [0.1, 0.15) is 13.8 Å². The van der Waals surface area contributed by atoms with Crippen molar-refractivity contribution in [3.8, 4) is 0 Å². The normalized spacial score (nSPS) is 17.3. The van der Waals surface area contributed by atoms with Crippen molar-refractivity contribution < 1.29 is 9.90 Å². The minimum absolute atomic E-state index is 0.121. The zero-order valence-corrected chi connectivity index (χ0v) is 10.6. The summed E-state index contributed by atoms with van der Waals surface area (Å²) in [6.07, 6.45) is 0. The molecule has 2 N–H and O–H groups in total. The van der Waals surface area contributed by atoms with Crippen LogP contribution >= 0.6 is 11.6 Å². The van der Waals surface area contributed by atoms with E-state index in [9.17, 15) is 9.90 Å². The number of aliphatic hydroxyl groups is 1. The van der Waals surface area contributed by atoms with Crippen LogP contribution in [0.25, 0.3) is 0 Å². The third-order valence-corrected chi connectivity index (χ3v) is 2.44. The van der Waals surface area contributed by atoms with Crippen molar-refractivity contribution in [2.75, 3.05) is 33.1 Å². The first-order valence-electron chi connectivity index (χ1n) is 4.99. The van der Waals surface area contributed by atoms with Gasteiger partial charge in [-0.25, -0.2) is 0 Å². The summed E-state index contributed by atoms with van der Waals surface area (Å²) < 4.78 is 0. The maximum Gasteiger partial charge on any atom is 0.224 e. The van der Waals surface area contributed by atoms with Crippen molar-refractivity contribution >= 4 is 17.5 Å². The molecule has 0 saturated heterocycles. The molecule has 1 amide bonds. The number of likely N-dealkylation sites (N-methyl/N-ethyl adjacent to an activating group) is 1. The van der Waals surface area contributed by atoms with E-state index in [4.69, 9.17) is 11.6 Å². The highest BCUT2D eigenvalue weighted by Crippen LogP contribution is 2.04. The molecule has 0 rings (SSSR count). The van der Waals surface area contributed by atoms with E-state index >= 15 is 0 Å². The van der Waals surface area contributed by atoms with E-state index < -0.39 is 5.60 Å². The van der Waals surface area contributed by atoms with Gasteiger partial charge in [-0.05, 0) is 21.0 Å². The van der Waals surface area contributed by atoms with E-state index in [-0.39, 0.29) is 18.4 Å². The van der Waals surface area contributed by atoms with Gasteiger partial charge in [0, 0.05) is 24.9 Å². The van der Waals surface area contributed by atoms with Crippen molar-refractivity contribution in [3.05, 3.63) is 0 Å². The summed E-state index contributed by atoms with van der Waals surface area (Å²) in [5.41, 5.74) is -0.912. The first kappa shape index (κ1) is 14.7. The van der Waals surface area contributed by atoms with Gasteiger partial charge in [0.25, 0.3) is 0 Å². The van der Waals surface area contributed by atoms with Crippen LogP contribution in [0.4, 0.5) is 0 Å². The second-order valence-corrected chi connectivity index (χ2v) is 4.82. The Morgan fingerprint density at radius 3 is 2.53 bits per heavy atom. The molecule has 0 saturated carbocycles. The molecule has 0 aromatic heterocycles. The Morgan fingerprint density at radius 1 is 1.60 bits per heavy atom. The number of nitrogens with zero attached hydrogens (tertiary/aromatic N) is 1. The zero-order chi connectivity index (χ0) is 12.1. The number of amides is 1. The summed E-state index contributed by atoms with van der Waals surface area (Å²) >= 11 is 5.55. The molecule has 0 heterocycles. The Morgan fingerprint density at radius 2 is 2.13 bits per heavy atom. The molecule has 0 bridgehead atoms. The molecule has 5 heteroatoms. The summed E-state index contributed by atoms with van der Waals surface area (Å²) in [7, 11) is 3.75. The van der Waals surface area contributed by atoms with Gasteiger partial charge in [-0.15, -0.1) is 11.6 Å². The molecule has 0 aromatic rings. The lowest BCUT2D eigenvalue weighted by Crippen LogP contribution is -2.48. The smallest absolute Gasteiger partial charge is 0.224 e. The van der Waals surface area contributed by atoms with E-state index in [1.165, 1.54) is 0 Å². The molecule has 0 aliphatic rings. The first-order valence-corrected chi connectivity index (χ1v) is 5.53. The summed E-state index contributed by atoms with van der Waals surface area (Å²) in [5.74, 6) is -0.0485. The predicted molar refractivity (Wildman–Crippen MR) is 62.1 cm³/mol. The average Bonchev–Trinajstić information content (AvgIpc) is 2.11. The van der Waals surface area contributed by atoms with Crippen LogP contribution in [0, 0.1) is 5.92 Å². The zero-order valence-electron chi connectivity index (χ0n) is 9.88. The van der Waals surface area contributed by atoms with Crippen LogP contribution in [0.15, 0.2) is 0 Å². The maximum absolute atomic E-state index is 11.4. The van der Waals surface area contributed by atoms with Crippen LogP contribution in [0.5, 0.6) is 0 Å². The van der Waals surface area contributed by atoms with Crippen LogP contribution < -0.4 is 5.32 Å². The average molecular weight is 237 g/mol. The number of carbonyl (C=O) groups excluding carboxylic acids is 1. The van der Waals surface area contributed by atoms with Crippen molar-refractivity contribution in [2.24, 2.45) is 5.92 Å². The predicted octanol–water partition coefficient (Wildman–Crippen LogP) is 0.290. The highest BCUT2D eigenvalue weighted by atomic mass is 35.5. The monoisotopic (exact) mass is 236 g/mol. The fourth-order valence-electron chi connectivity index (χ4n) is 1.26. The van der Waals surface area contributed by atoms with Gasteiger partial charge in [0.05, 0.1) is 5.60 Å². The van der Waals surface area contributed by atoms with Gasteiger partial charge >= 0.3 is 0 Å². The van der Waals surface area contributed by atoms with Crippen LogP contribution in [0.3, 0.4) is 0 Å². The minimum Gasteiger partial charge on any atom is -0.387 e. The minimum atomic E-state index is -0.912. The van der Waals surface area contributed by atoms with Gasteiger partial charge in [0.2, 0.25) is 5.91 Å². The Hall–Kier alpha value is -0.320. The standard InChI is InChI=1S/C10H21ClN2O2/c1-8(5-11)9(14)12-6-10(2,15)7-13(3)4/h8,15H,5-7H2,1-4H3,(H,12,14). The summed E-state index contributed by atoms with van der Waals surface area (Å²) in [5, 5.41) is 12.6. The fraction of sp³-hybridized carbons (Fsp3) is 0.900. The number of alkyl halides is 1. The van der Waals surface area contributed by atoms with Crippen LogP contribution in [-0.2, 0) is 4.79 Å². The van der Waals surface area contributed by atoms with E-state index in [1.54, 1.807) is 13.8 Å². The first-order chi connectivity index (χ1) is 6.78. The maximum atomic E-state index is 11.4. The van der Waals surface area contributed by atoms with Gasteiger partial charge in [-0.2, -0.15) is 0 Å². The number of hydrogen-bond donors (Lipinski definition) is 2. The molecule has 0 radical (unpaired) electrons. The molecule has 0 fully saturated rings. The lowest BCUT2D eigenvalue weighted by Gasteiger charge is -2.27. The molecule has 90 valence electrons. The molecule has 4 nitrogen and oxygen atoms in total. The lowest BCUT2D eigenvalue weighted by molar-refractivity contribution is -0.125. The van der Waals surface area contributed by atoms with E-state index in [0.29, 0.717) is 12.4 Å². The van der Waals surface area contributed by atoms with E-state index in [1.807, 2.05) is 19.0 Å². The number of rotatable bonds is 6. The Kier molecular flexibility index (Phi) is 6.17. The van der Waals surface area contributed by atoms with Gasteiger partial charge in [-0.1, -0.05) is 6.92 Å². The SMILES string of the molecule is CC(CCl)C(=O)NCC(C)(O)CN(C)C. The van der Waals surface area contributed by atoms with Crippen molar-refractivity contribution in [1.29, 1.82) is 0 Å². The second-order valence-electron chi connectivity index (χ2n) is 4.51. The fourth-order valence-corrected chi connectivity index (χ4v) is 1.40. The van der Waals surface area contributed by atoms with Crippen molar-refractivity contribution in [2.45, 2.75) is 19.4 Å². The van der Waals surface area contributed by atoms with Crippen molar-refractivity contribution in [1.82, 2.24) is 10.2 Å². The molecule has 2 atom stereocenters. The van der Waals surface area contributed by atoms with E-state index in [2.05, 4.69) is 5.32 Å². The van der Waals surface area contributed by atoms with Gasteiger partial charge in [0.15, 0.2) is 0 Å². The quantitative estimate of drug-likeness (QED) is 0.652. The number of carbonyl (C=O) groups is 1. The summed E-state index contributed by atoms with van der Waals surface area (Å²) in [6, 6.07) is 0. The molecule has 15 heavy (non-hydrogen) atoms. The second kappa shape index (κ2) is 6.30. The van der Waals surface area contributed by atoms with Crippen molar-refractivity contribution in [3.63, 3.8) is 0 Å². The highest BCUT2D eigenvalue weighted by Gasteiger charge is 2.23. The Balaban J connectivity index is 3.98. The Labute approximate surface area is 96.6 Å². The topological polar surface area (TPSA) is 52.6 Å². The van der Waals surface area contributed by atoms with Gasteiger partial charge in [0.1, 0.15) is 0 Å². The lowest BCUT2D eigenvalue weighted by atomic mass is 10.1. The molecule has 0 aromatic carbocycles. The molecular formula is C10H21ClN2O2. The summed E-state index contributed by atoms with van der Waals surface area (Å²) in [6.45, 7) is 4.19. The van der Waals surface area contributed by atoms with E-state index in [0.717, 1.165) is 0 Å². The third kappa shape index (κ3) is 6.71. The molecular weight excluding hydrogens is 216 g/mol. The molecule has 0 aliphatic heterocycles. The van der Waals surface area contributed by atoms with Crippen LogP contribution in [0.2, 0.25) is 0 Å². The molecule has 0 aliphatic carbocycles. The largest absolute Gasteiger partial charge is 0.387 e. The summed E-state index contributed by atoms with van der Waals surface area (Å²) in [4.78, 5) is 13.3.